The van der Waals surface area contributed by atoms with Crippen molar-refractivity contribution in [3.8, 4) is 0 Å². The van der Waals surface area contributed by atoms with Crippen molar-refractivity contribution in [2.75, 3.05) is 13.1 Å². The van der Waals surface area contributed by atoms with E-state index in [4.69, 9.17) is 11.6 Å². The number of fused-ring (bicyclic) bond motifs is 1. The van der Waals surface area contributed by atoms with Crippen molar-refractivity contribution < 1.29 is 18.4 Å². The third-order valence-corrected chi connectivity index (χ3v) is 5.62. The van der Waals surface area contributed by atoms with Gasteiger partial charge < -0.3 is 4.90 Å². The van der Waals surface area contributed by atoms with Crippen LogP contribution in [0.4, 0.5) is 8.78 Å². The van der Waals surface area contributed by atoms with Crippen LogP contribution in [0.1, 0.15) is 30.0 Å². The molecule has 30 heavy (non-hydrogen) atoms. The second-order valence-electron chi connectivity index (χ2n) is 7.31. The van der Waals surface area contributed by atoms with Gasteiger partial charge in [-0.2, -0.15) is 0 Å². The van der Waals surface area contributed by atoms with E-state index in [9.17, 15) is 18.4 Å². The van der Waals surface area contributed by atoms with Crippen LogP contribution in [-0.4, -0.2) is 39.6 Å². The Morgan fingerprint density at radius 1 is 1.10 bits per heavy atom. The number of halogens is 3. The summed E-state index contributed by atoms with van der Waals surface area (Å²) in [6.07, 6.45) is 3.82. The van der Waals surface area contributed by atoms with E-state index in [1.165, 1.54) is 23.2 Å². The number of pyridine rings is 2. The average Bonchev–Trinajstić information content (AvgIpc) is 2.75. The van der Waals surface area contributed by atoms with E-state index in [1.807, 2.05) is 6.07 Å². The Balaban J connectivity index is 1.42. The maximum absolute atomic E-state index is 13.9. The summed E-state index contributed by atoms with van der Waals surface area (Å²) in [5.74, 6) is -2.25. The molecule has 3 heterocycles. The van der Waals surface area contributed by atoms with Gasteiger partial charge in [0.05, 0.1) is 22.7 Å². The van der Waals surface area contributed by atoms with Crippen LogP contribution in [0.3, 0.4) is 0 Å². The number of carbonyl (C=O) groups is 2. The molecule has 3 aromatic rings. The van der Waals surface area contributed by atoms with Gasteiger partial charge in [-0.15, -0.1) is 0 Å². The molecule has 1 amide bonds. The third-order valence-electron chi connectivity index (χ3n) is 5.41. The van der Waals surface area contributed by atoms with Crippen LogP contribution in [0.5, 0.6) is 0 Å². The van der Waals surface area contributed by atoms with Crippen molar-refractivity contribution in [1.29, 1.82) is 0 Å². The van der Waals surface area contributed by atoms with Crippen LogP contribution in [0, 0.1) is 11.6 Å². The summed E-state index contributed by atoms with van der Waals surface area (Å²) in [7, 11) is 0. The highest BCUT2D eigenvalue weighted by Gasteiger charge is 2.29. The lowest BCUT2D eigenvalue weighted by atomic mass is 9.87. The fraction of sp³-hybridized carbons (Fsp3) is 0.273. The van der Waals surface area contributed by atoms with Gasteiger partial charge in [-0.05, 0) is 54.7 Å². The second kappa shape index (κ2) is 8.44. The van der Waals surface area contributed by atoms with E-state index in [0.29, 0.717) is 25.9 Å². The van der Waals surface area contributed by atoms with Crippen molar-refractivity contribution in [1.82, 2.24) is 14.9 Å². The number of piperidine rings is 1. The molecular weight excluding hydrogens is 412 g/mol. The van der Waals surface area contributed by atoms with E-state index in [-0.39, 0.29) is 22.5 Å². The Hall–Kier alpha value is -2.93. The molecule has 1 saturated heterocycles. The van der Waals surface area contributed by atoms with Crippen LogP contribution in [0.15, 0.2) is 42.7 Å². The topological polar surface area (TPSA) is 63.2 Å². The quantitative estimate of drug-likeness (QED) is 0.586. The van der Waals surface area contributed by atoms with Gasteiger partial charge in [-0.3, -0.25) is 19.6 Å². The molecule has 0 atom stereocenters. The van der Waals surface area contributed by atoms with Gasteiger partial charge in [0.25, 0.3) is 5.91 Å². The van der Waals surface area contributed by atoms with Crippen molar-refractivity contribution in [3.63, 3.8) is 0 Å². The fourth-order valence-electron chi connectivity index (χ4n) is 3.87. The van der Waals surface area contributed by atoms with Gasteiger partial charge in [0.15, 0.2) is 0 Å². The van der Waals surface area contributed by atoms with Crippen LogP contribution < -0.4 is 0 Å². The number of ketones is 1. The summed E-state index contributed by atoms with van der Waals surface area (Å²) in [6.45, 7) is 0.788. The first-order chi connectivity index (χ1) is 14.4. The molecule has 0 unspecified atom stereocenters. The molecule has 8 heteroatoms. The van der Waals surface area contributed by atoms with Crippen LogP contribution in [0.25, 0.3) is 10.9 Å². The first kappa shape index (κ1) is 20.3. The van der Waals surface area contributed by atoms with Crippen molar-refractivity contribution in [2.45, 2.75) is 25.2 Å². The first-order valence-corrected chi connectivity index (χ1v) is 9.96. The molecule has 0 saturated carbocycles. The largest absolute Gasteiger partial charge is 0.336 e. The van der Waals surface area contributed by atoms with E-state index in [2.05, 4.69) is 9.97 Å². The number of aromatic nitrogens is 2. The number of Topliss-reactive ketones (excluding diaryl/α,β-unsaturated/α-hetero) is 1. The van der Waals surface area contributed by atoms with Gasteiger partial charge >= 0.3 is 0 Å². The van der Waals surface area contributed by atoms with Crippen molar-refractivity contribution in [3.05, 3.63) is 70.6 Å². The summed E-state index contributed by atoms with van der Waals surface area (Å²) >= 11 is 5.66. The fourth-order valence-corrected chi connectivity index (χ4v) is 4.01. The van der Waals surface area contributed by atoms with Gasteiger partial charge in [0.2, 0.25) is 5.78 Å². The number of benzene rings is 1. The lowest BCUT2D eigenvalue weighted by Gasteiger charge is -2.32. The Bertz CT molecular complexity index is 1130. The number of amides is 1. The van der Waals surface area contributed by atoms with Gasteiger partial charge in [0, 0.05) is 30.9 Å². The number of hydrogen-bond acceptors (Lipinski definition) is 4. The summed E-state index contributed by atoms with van der Waals surface area (Å²) in [4.78, 5) is 34.4. The average molecular weight is 430 g/mol. The number of likely N-dealkylation sites (tertiary alicyclic amines) is 1. The molecule has 0 bridgehead atoms. The highest BCUT2D eigenvalue weighted by atomic mass is 35.5. The molecule has 1 aliphatic heterocycles. The molecule has 0 spiro atoms. The molecule has 1 aliphatic rings. The molecule has 2 aromatic heterocycles. The number of hydrogen-bond donors (Lipinski definition) is 0. The standard InChI is InChI=1S/C22H18ClF2N3O2/c23-14-9-18(25)20(27-12-14)11-21(29)22(30)28-7-4-13(5-8-28)16-3-6-26-19-2-1-15(24)10-17(16)19/h1-3,6,9-10,12-13H,4-5,7-8,11H2. The Morgan fingerprint density at radius 2 is 1.87 bits per heavy atom. The number of nitrogens with zero attached hydrogens (tertiary/aromatic N) is 3. The van der Waals surface area contributed by atoms with Crippen LogP contribution >= 0.6 is 11.6 Å². The van der Waals surface area contributed by atoms with Gasteiger partial charge in [0.1, 0.15) is 11.6 Å². The van der Waals surface area contributed by atoms with Crippen molar-refractivity contribution >= 4 is 34.2 Å². The molecule has 0 aliphatic carbocycles. The summed E-state index contributed by atoms with van der Waals surface area (Å²) in [5, 5.41) is 0.892. The normalized spacial score (nSPS) is 14.8. The van der Waals surface area contributed by atoms with Crippen LogP contribution in [-0.2, 0) is 16.0 Å². The highest BCUT2D eigenvalue weighted by Crippen LogP contribution is 2.32. The zero-order valence-corrected chi connectivity index (χ0v) is 16.7. The minimum Gasteiger partial charge on any atom is -0.336 e. The molecule has 0 N–H and O–H groups in total. The first-order valence-electron chi connectivity index (χ1n) is 9.58. The molecule has 4 rings (SSSR count). The SMILES string of the molecule is O=C(Cc1ncc(Cl)cc1F)C(=O)N1CCC(c2ccnc3ccc(F)cc23)CC1. The molecular formula is C22H18ClF2N3O2. The van der Waals surface area contributed by atoms with Gasteiger partial charge in [-0.25, -0.2) is 8.78 Å². The molecule has 1 fully saturated rings. The lowest BCUT2D eigenvalue weighted by Crippen LogP contribution is -2.42. The van der Waals surface area contributed by atoms with E-state index in [1.54, 1.807) is 12.3 Å². The van der Waals surface area contributed by atoms with E-state index < -0.39 is 23.9 Å². The zero-order chi connectivity index (χ0) is 21.3. The smallest absolute Gasteiger partial charge is 0.290 e. The number of rotatable bonds is 4. The number of carbonyl (C=O) groups excluding carboxylic acids is 2. The van der Waals surface area contributed by atoms with E-state index in [0.717, 1.165) is 22.5 Å². The molecule has 1 aromatic carbocycles. The summed E-state index contributed by atoms with van der Waals surface area (Å²) in [6, 6.07) is 7.45. The summed E-state index contributed by atoms with van der Waals surface area (Å²) in [5.41, 5.74) is 1.61. The predicted molar refractivity (Wildman–Crippen MR) is 108 cm³/mol. The molecule has 5 nitrogen and oxygen atoms in total. The minimum absolute atomic E-state index is 0.0992. The Labute approximate surface area is 176 Å². The van der Waals surface area contributed by atoms with Crippen LogP contribution in [0.2, 0.25) is 5.02 Å². The maximum Gasteiger partial charge on any atom is 0.290 e. The zero-order valence-electron chi connectivity index (χ0n) is 15.9. The molecule has 154 valence electrons. The van der Waals surface area contributed by atoms with E-state index >= 15 is 0 Å². The van der Waals surface area contributed by atoms with Crippen molar-refractivity contribution in [2.24, 2.45) is 0 Å². The predicted octanol–water partition coefficient (Wildman–Crippen LogP) is 4.08. The minimum atomic E-state index is -0.710. The Morgan fingerprint density at radius 3 is 2.60 bits per heavy atom. The second-order valence-corrected chi connectivity index (χ2v) is 7.75. The monoisotopic (exact) mass is 429 g/mol. The Kier molecular flexibility index (Phi) is 5.72. The van der Waals surface area contributed by atoms with Gasteiger partial charge in [-0.1, -0.05) is 11.6 Å². The highest BCUT2D eigenvalue weighted by molar-refractivity contribution is 6.36. The lowest BCUT2D eigenvalue weighted by molar-refractivity contribution is -0.145. The maximum atomic E-state index is 13.9. The molecule has 0 radical (unpaired) electrons. The summed E-state index contributed by atoms with van der Waals surface area (Å²) < 4.78 is 27.6. The third kappa shape index (κ3) is 4.16.